The lowest BCUT2D eigenvalue weighted by atomic mass is 10.4. The number of carbonyl (C=O) groups excluding carboxylic acids is 1. The minimum absolute atomic E-state index is 0.0305. The van der Waals surface area contributed by atoms with Gasteiger partial charge in [-0.3, -0.25) is 5.32 Å². The zero-order chi connectivity index (χ0) is 24.0. The first-order valence-corrected chi connectivity index (χ1v) is 10.9. The van der Waals surface area contributed by atoms with Crippen molar-refractivity contribution in [3.8, 4) is 11.6 Å². The van der Waals surface area contributed by atoms with Gasteiger partial charge < -0.3 is 14.6 Å². The molecule has 0 fully saturated rings. The fourth-order valence-electron chi connectivity index (χ4n) is 2.86. The van der Waals surface area contributed by atoms with E-state index in [-0.39, 0.29) is 27.2 Å². The van der Waals surface area contributed by atoms with Crippen LogP contribution in [0.2, 0.25) is 0 Å². The molecule has 0 bridgehead atoms. The number of aromatic nitrogens is 3. The van der Waals surface area contributed by atoms with Gasteiger partial charge in [0.15, 0.2) is 11.3 Å². The van der Waals surface area contributed by atoms with Gasteiger partial charge in [-0.15, -0.1) is 0 Å². The molecule has 2 aromatic heterocycles. The second kappa shape index (κ2) is 10.1. The molecule has 1 unspecified atom stereocenters. The Hall–Kier alpha value is -4.03. The van der Waals surface area contributed by atoms with Crippen molar-refractivity contribution in [2.45, 2.75) is 16.1 Å². The number of hydrogen-bond acceptors (Lipinski definition) is 9. The predicted octanol–water partition coefficient (Wildman–Crippen LogP) is 1.51. The molecule has 172 valence electrons. The predicted molar refractivity (Wildman–Crippen MR) is 114 cm³/mol. The summed E-state index contributed by atoms with van der Waals surface area (Å²) >= 11 is 0. The van der Waals surface area contributed by atoms with Crippen LogP contribution in [0.5, 0.6) is 5.88 Å². The number of carboxylic acids is 1. The molecule has 0 radical (unpaired) electrons. The molecule has 33 heavy (non-hydrogen) atoms. The molecule has 0 aliphatic heterocycles. The lowest BCUT2D eigenvalue weighted by molar-refractivity contribution is -0.145. The standard InChI is InChI=1S/C21H20N4O7S/c1-22-20(32-19(28)11-10-18(26)27)15-13-17(33(29,30)14-7-4-3-5-8-14)25(24-15)16-9-6-12-23-21(16)31-2/h3-13,20,22H,1-2H3,(H,26,27)/b11-10+. The first-order valence-electron chi connectivity index (χ1n) is 9.46. The van der Waals surface area contributed by atoms with Crippen molar-refractivity contribution in [1.29, 1.82) is 0 Å². The van der Waals surface area contributed by atoms with E-state index in [0.29, 0.717) is 6.08 Å². The summed E-state index contributed by atoms with van der Waals surface area (Å²) in [5.41, 5.74) is 0.294. The van der Waals surface area contributed by atoms with Crippen LogP contribution < -0.4 is 10.1 Å². The zero-order valence-corrected chi connectivity index (χ0v) is 18.4. The Labute approximate surface area is 189 Å². The van der Waals surface area contributed by atoms with Crippen LogP contribution >= 0.6 is 0 Å². The molecular weight excluding hydrogens is 452 g/mol. The van der Waals surface area contributed by atoms with Crippen LogP contribution in [0.25, 0.3) is 5.69 Å². The summed E-state index contributed by atoms with van der Waals surface area (Å²) in [6.45, 7) is 0. The van der Waals surface area contributed by atoms with Crippen LogP contribution in [0.1, 0.15) is 11.9 Å². The van der Waals surface area contributed by atoms with E-state index in [4.69, 9.17) is 14.6 Å². The lowest BCUT2D eigenvalue weighted by Gasteiger charge is -2.13. The smallest absolute Gasteiger partial charge is 0.332 e. The summed E-state index contributed by atoms with van der Waals surface area (Å²) < 4.78 is 38.4. The molecule has 0 saturated carbocycles. The number of nitrogens with zero attached hydrogens (tertiary/aromatic N) is 3. The highest BCUT2D eigenvalue weighted by Gasteiger charge is 2.29. The molecule has 0 aliphatic rings. The van der Waals surface area contributed by atoms with E-state index in [9.17, 15) is 18.0 Å². The van der Waals surface area contributed by atoms with Crippen LogP contribution in [0.4, 0.5) is 0 Å². The van der Waals surface area contributed by atoms with E-state index in [1.165, 1.54) is 38.6 Å². The van der Waals surface area contributed by atoms with Crippen molar-refractivity contribution < 1.29 is 32.6 Å². The number of nitrogens with one attached hydrogen (secondary N) is 1. The number of sulfone groups is 1. The summed E-state index contributed by atoms with van der Waals surface area (Å²) in [5, 5.41) is 15.5. The van der Waals surface area contributed by atoms with Gasteiger partial charge in [-0.1, -0.05) is 18.2 Å². The Balaban J connectivity index is 2.14. The summed E-state index contributed by atoms with van der Waals surface area (Å²) in [7, 11) is -1.21. The number of esters is 1. The summed E-state index contributed by atoms with van der Waals surface area (Å²) in [4.78, 5) is 26.7. The summed E-state index contributed by atoms with van der Waals surface area (Å²) in [5.74, 6) is -2.16. The number of ether oxygens (including phenoxy) is 2. The van der Waals surface area contributed by atoms with Gasteiger partial charge >= 0.3 is 11.9 Å². The molecule has 0 amide bonds. The molecule has 11 nitrogen and oxygen atoms in total. The molecule has 0 saturated heterocycles. The molecule has 3 aromatic rings. The second-order valence-electron chi connectivity index (χ2n) is 6.44. The van der Waals surface area contributed by atoms with Gasteiger partial charge in [-0.05, 0) is 31.3 Å². The molecule has 0 spiro atoms. The highest BCUT2D eigenvalue weighted by Crippen LogP contribution is 2.29. The molecule has 0 aliphatic carbocycles. The Kier molecular flexibility index (Phi) is 7.20. The van der Waals surface area contributed by atoms with Crippen molar-refractivity contribution in [2.75, 3.05) is 14.2 Å². The van der Waals surface area contributed by atoms with Gasteiger partial charge in [0.2, 0.25) is 15.7 Å². The first kappa shape index (κ1) is 23.6. The summed E-state index contributed by atoms with van der Waals surface area (Å²) in [6.07, 6.45) is 1.66. The van der Waals surface area contributed by atoms with Crippen LogP contribution in [0.15, 0.2) is 76.8 Å². The van der Waals surface area contributed by atoms with E-state index in [0.717, 1.165) is 10.8 Å². The van der Waals surface area contributed by atoms with Crippen LogP contribution in [0, 0.1) is 0 Å². The topological polar surface area (TPSA) is 150 Å². The Bertz CT molecular complexity index is 1290. The molecule has 2 heterocycles. The van der Waals surface area contributed by atoms with Crippen molar-refractivity contribution in [2.24, 2.45) is 0 Å². The highest BCUT2D eigenvalue weighted by molar-refractivity contribution is 7.91. The van der Waals surface area contributed by atoms with Gasteiger partial charge in [-0.25, -0.2) is 27.7 Å². The average Bonchev–Trinajstić information content (AvgIpc) is 3.27. The number of rotatable bonds is 9. The zero-order valence-electron chi connectivity index (χ0n) is 17.6. The maximum atomic E-state index is 13.4. The SMILES string of the molecule is CNC(OC(=O)/C=C/C(=O)O)c1cc(S(=O)(=O)c2ccccc2)n(-c2cccnc2OC)n1. The van der Waals surface area contributed by atoms with E-state index in [2.05, 4.69) is 15.4 Å². The normalized spacial score (nSPS) is 12.4. The Morgan fingerprint density at radius 1 is 1.15 bits per heavy atom. The quantitative estimate of drug-likeness (QED) is 0.266. The lowest BCUT2D eigenvalue weighted by Crippen LogP contribution is -2.23. The third-order valence-corrected chi connectivity index (χ3v) is 6.06. The number of pyridine rings is 1. The largest absolute Gasteiger partial charge is 0.479 e. The van der Waals surface area contributed by atoms with Gasteiger partial charge in [0.25, 0.3) is 0 Å². The molecule has 3 rings (SSSR count). The minimum Gasteiger partial charge on any atom is -0.479 e. The molecule has 1 aromatic carbocycles. The van der Waals surface area contributed by atoms with E-state index < -0.39 is 28.0 Å². The van der Waals surface area contributed by atoms with Crippen LogP contribution in [-0.2, 0) is 24.2 Å². The van der Waals surface area contributed by atoms with Gasteiger partial charge in [0.05, 0.1) is 12.0 Å². The number of benzene rings is 1. The fourth-order valence-corrected chi connectivity index (χ4v) is 4.26. The first-order chi connectivity index (χ1) is 15.8. The third kappa shape index (κ3) is 5.25. The van der Waals surface area contributed by atoms with Crippen molar-refractivity contribution in [3.05, 3.63) is 72.6 Å². The third-order valence-electron chi connectivity index (χ3n) is 4.32. The van der Waals surface area contributed by atoms with Crippen molar-refractivity contribution in [3.63, 3.8) is 0 Å². The summed E-state index contributed by atoms with van der Waals surface area (Å²) in [6, 6.07) is 12.2. The van der Waals surface area contributed by atoms with E-state index in [1.807, 2.05) is 0 Å². The number of carboxylic acid groups (broad SMARTS) is 1. The Morgan fingerprint density at radius 2 is 1.88 bits per heavy atom. The van der Waals surface area contributed by atoms with Crippen molar-refractivity contribution >= 4 is 21.8 Å². The van der Waals surface area contributed by atoms with Crippen molar-refractivity contribution in [1.82, 2.24) is 20.1 Å². The molecule has 1 atom stereocenters. The molecule has 12 heteroatoms. The van der Waals surface area contributed by atoms with Crippen LogP contribution in [0.3, 0.4) is 0 Å². The van der Waals surface area contributed by atoms with Gasteiger partial charge in [0.1, 0.15) is 11.4 Å². The van der Waals surface area contributed by atoms with Gasteiger partial charge in [-0.2, -0.15) is 5.10 Å². The number of methoxy groups -OCH3 is 1. The molecular formula is C21H20N4O7S. The minimum atomic E-state index is -4.06. The highest BCUT2D eigenvalue weighted by atomic mass is 32.2. The number of carbonyl (C=O) groups is 2. The number of aliphatic carboxylic acids is 1. The van der Waals surface area contributed by atoms with E-state index in [1.54, 1.807) is 30.3 Å². The van der Waals surface area contributed by atoms with Crippen LogP contribution in [-0.4, -0.2) is 54.4 Å². The van der Waals surface area contributed by atoms with Gasteiger partial charge in [0, 0.05) is 24.4 Å². The average molecular weight is 472 g/mol. The van der Waals surface area contributed by atoms with E-state index >= 15 is 0 Å². The Morgan fingerprint density at radius 3 is 2.52 bits per heavy atom. The maximum absolute atomic E-state index is 13.4. The fraction of sp³-hybridized carbons (Fsp3) is 0.143. The monoisotopic (exact) mass is 472 g/mol. The second-order valence-corrected chi connectivity index (χ2v) is 8.34. The number of hydrogen-bond donors (Lipinski definition) is 2. The molecule has 2 N–H and O–H groups in total. The maximum Gasteiger partial charge on any atom is 0.332 e.